The number of benzene rings is 2. The maximum atomic E-state index is 13.4. The Hall–Kier alpha value is -1.62. The molecule has 1 unspecified atom stereocenters. The minimum atomic E-state index is -1.75. The van der Waals surface area contributed by atoms with Crippen LogP contribution in [0.4, 0.5) is 13.2 Å². The van der Waals surface area contributed by atoms with E-state index < -0.39 is 28.3 Å². The van der Waals surface area contributed by atoms with E-state index in [0.29, 0.717) is 0 Å². The molecule has 2 rings (SSSR count). The summed E-state index contributed by atoms with van der Waals surface area (Å²) in [5.41, 5.74) is -0.0309. The summed E-state index contributed by atoms with van der Waals surface area (Å²) in [7, 11) is -1.75. The average molecular weight is 270 g/mol. The molecular weight excluding hydrogens is 261 g/mol. The molecule has 0 aromatic heterocycles. The number of rotatable bonds is 3. The van der Waals surface area contributed by atoms with Gasteiger partial charge in [-0.1, -0.05) is 24.3 Å². The Balaban J connectivity index is 2.27. The van der Waals surface area contributed by atoms with Crippen LogP contribution in [0.1, 0.15) is 5.56 Å². The predicted octanol–water partition coefficient (Wildman–Crippen LogP) is 3.41. The predicted molar refractivity (Wildman–Crippen MR) is 62.9 cm³/mol. The van der Waals surface area contributed by atoms with Gasteiger partial charge in [-0.15, -0.1) is 0 Å². The Morgan fingerprint density at radius 2 is 1.56 bits per heavy atom. The van der Waals surface area contributed by atoms with E-state index in [2.05, 4.69) is 0 Å². The van der Waals surface area contributed by atoms with Crippen molar-refractivity contribution in [2.45, 2.75) is 10.6 Å². The quantitative estimate of drug-likeness (QED) is 0.835. The summed E-state index contributed by atoms with van der Waals surface area (Å²) in [6.45, 7) is 0. The highest BCUT2D eigenvalue weighted by atomic mass is 32.2. The maximum absolute atomic E-state index is 13.4. The highest BCUT2D eigenvalue weighted by Crippen LogP contribution is 2.18. The lowest BCUT2D eigenvalue weighted by Gasteiger charge is -2.05. The van der Waals surface area contributed by atoms with Crippen molar-refractivity contribution in [2.75, 3.05) is 0 Å². The minimum Gasteiger partial charge on any atom is -0.254 e. The van der Waals surface area contributed by atoms with Crippen LogP contribution in [0.5, 0.6) is 0 Å². The zero-order chi connectivity index (χ0) is 13.1. The van der Waals surface area contributed by atoms with Crippen molar-refractivity contribution in [1.29, 1.82) is 0 Å². The fourth-order valence-electron chi connectivity index (χ4n) is 1.51. The summed E-state index contributed by atoms with van der Waals surface area (Å²) in [6.07, 6.45) is 0. The van der Waals surface area contributed by atoms with Crippen LogP contribution in [0.2, 0.25) is 0 Å². The van der Waals surface area contributed by atoms with Crippen LogP contribution in [-0.2, 0) is 16.6 Å². The number of hydrogen-bond acceptors (Lipinski definition) is 1. The molecule has 0 bridgehead atoms. The van der Waals surface area contributed by atoms with Gasteiger partial charge in [0.2, 0.25) is 0 Å². The number of hydrogen-bond donors (Lipinski definition) is 0. The van der Waals surface area contributed by atoms with Crippen LogP contribution in [0, 0.1) is 17.5 Å². The second kappa shape index (κ2) is 5.35. The Bertz CT molecular complexity index is 599. The van der Waals surface area contributed by atoms with E-state index in [0.717, 1.165) is 6.07 Å². The molecule has 5 heteroatoms. The van der Waals surface area contributed by atoms with Crippen LogP contribution in [0.15, 0.2) is 47.4 Å². The van der Waals surface area contributed by atoms with Crippen LogP contribution >= 0.6 is 0 Å². The monoisotopic (exact) mass is 270 g/mol. The largest absolute Gasteiger partial charge is 0.254 e. The van der Waals surface area contributed by atoms with Crippen LogP contribution in [0.25, 0.3) is 0 Å². The first-order valence-electron chi connectivity index (χ1n) is 5.15. The van der Waals surface area contributed by atoms with E-state index in [-0.39, 0.29) is 16.2 Å². The van der Waals surface area contributed by atoms with Gasteiger partial charge in [-0.05, 0) is 18.2 Å². The third-order valence-electron chi connectivity index (χ3n) is 2.40. The zero-order valence-corrected chi connectivity index (χ0v) is 10.0. The summed E-state index contributed by atoms with van der Waals surface area (Å²) in [4.78, 5) is -0.0128. The minimum absolute atomic E-state index is 0.0128. The standard InChI is InChI=1S/C13H9F3OS/c14-10-5-1-2-7-12(10)18(17)8-9-4-3-6-11(15)13(9)16/h1-7H,8H2. The molecule has 0 saturated carbocycles. The molecule has 0 amide bonds. The van der Waals surface area contributed by atoms with Gasteiger partial charge in [-0.2, -0.15) is 0 Å². The lowest BCUT2D eigenvalue weighted by molar-refractivity contribution is 0.502. The summed E-state index contributed by atoms with van der Waals surface area (Å²) >= 11 is 0. The molecular formula is C13H9F3OS. The topological polar surface area (TPSA) is 17.1 Å². The molecule has 1 atom stereocenters. The van der Waals surface area contributed by atoms with Crippen LogP contribution < -0.4 is 0 Å². The fourth-order valence-corrected chi connectivity index (χ4v) is 2.69. The van der Waals surface area contributed by atoms with E-state index in [4.69, 9.17) is 0 Å². The lowest BCUT2D eigenvalue weighted by Crippen LogP contribution is -2.02. The van der Waals surface area contributed by atoms with E-state index >= 15 is 0 Å². The zero-order valence-electron chi connectivity index (χ0n) is 9.20. The molecule has 0 aliphatic carbocycles. The Labute approximate surface area is 105 Å². The third kappa shape index (κ3) is 2.61. The van der Waals surface area contributed by atoms with Crippen molar-refractivity contribution in [3.8, 4) is 0 Å². The van der Waals surface area contributed by atoms with E-state index in [1.54, 1.807) is 0 Å². The first-order chi connectivity index (χ1) is 8.59. The summed E-state index contributed by atoms with van der Waals surface area (Å²) in [5, 5.41) is 0. The van der Waals surface area contributed by atoms with Gasteiger partial charge >= 0.3 is 0 Å². The Morgan fingerprint density at radius 1 is 0.889 bits per heavy atom. The van der Waals surface area contributed by atoms with E-state index in [1.807, 2.05) is 0 Å². The molecule has 2 aromatic rings. The Morgan fingerprint density at radius 3 is 2.28 bits per heavy atom. The number of halogens is 3. The smallest absolute Gasteiger partial charge is 0.162 e. The molecule has 0 aliphatic rings. The van der Waals surface area contributed by atoms with Gasteiger partial charge < -0.3 is 0 Å². The molecule has 0 saturated heterocycles. The molecule has 0 fully saturated rings. The normalized spacial score (nSPS) is 12.4. The van der Waals surface area contributed by atoms with Gasteiger partial charge in [0.25, 0.3) is 0 Å². The second-order valence-electron chi connectivity index (χ2n) is 3.63. The van der Waals surface area contributed by atoms with Gasteiger partial charge in [0, 0.05) is 5.56 Å². The molecule has 2 aromatic carbocycles. The first-order valence-corrected chi connectivity index (χ1v) is 6.47. The first kappa shape index (κ1) is 12.8. The van der Waals surface area contributed by atoms with E-state index in [9.17, 15) is 17.4 Å². The molecule has 18 heavy (non-hydrogen) atoms. The average Bonchev–Trinajstić information content (AvgIpc) is 2.35. The summed E-state index contributed by atoms with van der Waals surface area (Å²) < 4.78 is 51.6. The van der Waals surface area contributed by atoms with Crippen molar-refractivity contribution < 1.29 is 17.4 Å². The molecule has 0 spiro atoms. The summed E-state index contributed by atoms with van der Waals surface area (Å²) in [6, 6.07) is 9.18. The molecule has 94 valence electrons. The van der Waals surface area contributed by atoms with Crippen molar-refractivity contribution in [1.82, 2.24) is 0 Å². The van der Waals surface area contributed by atoms with Crippen molar-refractivity contribution in [3.05, 3.63) is 65.5 Å². The summed E-state index contributed by atoms with van der Waals surface area (Å²) in [5.74, 6) is -2.92. The van der Waals surface area contributed by atoms with Crippen molar-refractivity contribution in [2.24, 2.45) is 0 Å². The van der Waals surface area contributed by atoms with Gasteiger partial charge in [0.1, 0.15) is 5.82 Å². The molecule has 0 N–H and O–H groups in total. The molecule has 0 heterocycles. The van der Waals surface area contributed by atoms with Gasteiger partial charge in [0.05, 0.1) is 21.4 Å². The molecule has 1 nitrogen and oxygen atoms in total. The molecule has 0 aliphatic heterocycles. The van der Waals surface area contributed by atoms with Gasteiger partial charge in [0.15, 0.2) is 11.6 Å². The fraction of sp³-hybridized carbons (Fsp3) is 0.0769. The Kier molecular flexibility index (Phi) is 3.81. The van der Waals surface area contributed by atoms with E-state index in [1.165, 1.54) is 36.4 Å². The SMILES string of the molecule is O=S(Cc1cccc(F)c1F)c1ccccc1F. The van der Waals surface area contributed by atoms with Gasteiger partial charge in [-0.3, -0.25) is 4.21 Å². The van der Waals surface area contributed by atoms with Crippen LogP contribution in [-0.4, -0.2) is 4.21 Å². The maximum Gasteiger partial charge on any atom is 0.162 e. The lowest BCUT2D eigenvalue weighted by atomic mass is 10.2. The van der Waals surface area contributed by atoms with Gasteiger partial charge in [-0.25, -0.2) is 13.2 Å². The van der Waals surface area contributed by atoms with Crippen molar-refractivity contribution in [3.63, 3.8) is 0 Å². The molecule has 0 radical (unpaired) electrons. The second-order valence-corrected chi connectivity index (χ2v) is 5.05. The third-order valence-corrected chi connectivity index (χ3v) is 3.79. The highest BCUT2D eigenvalue weighted by Gasteiger charge is 2.14. The van der Waals surface area contributed by atoms with Crippen LogP contribution in [0.3, 0.4) is 0 Å². The highest BCUT2D eigenvalue weighted by molar-refractivity contribution is 7.84. The van der Waals surface area contributed by atoms with Crippen molar-refractivity contribution >= 4 is 10.8 Å².